The highest BCUT2D eigenvalue weighted by Gasteiger charge is 2.14. The lowest BCUT2D eigenvalue weighted by atomic mass is 10.3. The first-order valence-electron chi connectivity index (χ1n) is 5.58. The molecule has 0 atom stereocenters. The van der Waals surface area contributed by atoms with Crippen molar-refractivity contribution in [2.75, 3.05) is 7.11 Å². The zero-order valence-corrected chi connectivity index (χ0v) is 10.2. The average molecular weight is 270 g/mol. The van der Waals surface area contributed by atoms with Crippen molar-refractivity contribution in [3.05, 3.63) is 29.6 Å². The van der Waals surface area contributed by atoms with E-state index in [4.69, 9.17) is 9.84 Å². The number of aryl methyl sites for hydroxylation is 1. The lowest BCUT2D eigenvalue weighted by Crippen LogP contribution is -2.09. The van der Waals surface area contributed by atoms with Gasteiger partial charge < -0.3 is 14.4 Å². The van der Waals surface area contributed by atoms with E-state index < -0.39 is 17.6 Å². The summed E-state index contributed by atoms with van der Waals surface area (Å²) in [5.74, 6) is -2.52. The van der Waals surface area contributed by atoms with Crippen molar-refractivity contribution < 1.29 is 23.4 Å². The predicted molar refractivity (Wildman–Crippen MR) is 62.6 cm³/mol. The van der Waals surface area contributed by atoms with Crippen LogP contribution in [0.3, 0.4) is 0 Å². The number of hydrogen-bond donors (Lipinski definition) is 1. The number of imidazole rings is 1. The molecule has 0 aliphatic rings. The number of carbonyl (C=O) groups is 1. The standard InChI is InChI=1S/C12H12F2N2O3/c1-19-6-11-15-9-4-7(13)8(14)5-10(9)16(11)3-2-12(17)18/h4-5H,2-3,6H2,1H3,(H,17,18). The zero-order valence-electron chi connectivity index (χ0n) is 10.2. The first kappa shape index (κ1) is 13.4. The number of nitrogens with zero attached hydrogens (tertiary/aromatic N) is 2. The van der Waals surface area contributed by atoms with E-state index in [1.54, 1.807) is 0 Å². The molecule has 19 heavy (non-hydrogen) atoms. The number of benzene rings is 1. The molecule has 7 heteroatoms. The van der Waals surface area contributed by atoms with Gasteiger partial charge in [-0.3, -0.25) is 4.79 Å². The molecule has 0 saturated carbocycles. The predicted octanol–water partition coefficient (Wildman–Crippen LogP) is 1.94. The summed E-state index contributed by atoms with van der Waals surface area (Å²) in [6.45, 7) is 0.257. The highest BCUT2D eigenvalue weighted by Crippen LogP contribution is 2.21. The Labute approximate surface area is 107 Å². The van der Waals surface area contributed by atoms with E-state index in [0.29, 0.717) is 11.3 Å². The molecular weight excluding hydrogens is 258 g/mol. The minimum Gasteiger partial charge on any atom is -0.481 e. The number of ether oxygens (including phenoxy) is 1. The molecular formula is C12H12F2N2O3. The number of fused-ring (bicyclic) bond motifs is 1. The molecule has 0 saturated heterocycles. The van der Waals surface area contributed by atoms with Gasteiger partial charge in [-0.1, -0.05) is 0 Å². The van der Waals surface area contributed by atoms with Crippen molar-refractivity contribution in [2.45, 2.75) is 19.6 Å². The summed E-state index contributed by atoms with van der Waals surface area (Å²) < 4.78 is 32.9. The fourth-order valence-electron chi connectivity index (χ4n) is 1.87. The van der Waals surface area contributed by atoms with Crippen molar-refractivity contribution in [3.8, 4) is 0 Å². The van der Waals surface area contributed by atoms with Crippen molar-refractivity contribution in [1.29, 1.82) is 0 Å². The van der Waals surface area contributed by atoms with Gasteiger partial charge in [0.1, 0.15) is 12.4 Å². The Balaban J connectivity index is 2.51. The largest absolute Gasteiger partial charge is 0.481 e. The van der Waals surface area contributed by atoms with Crippen LogP contribution in [0.1, 0.15) is 12.2 Å². The second-order valence-electron chi connectivity index (χ2n) is 4.01. The second kappa shape index (κ2) is 5.31. The van der Waals surface area contributed by atoms with Crippen molar-refractivity contribution in [1.82, 2.24) is 9.55 Å². The van der Waals surface area contributed by atoms with Crippen LogP contribution in [-0.4, -0.2) is 27.7 Å². The van der Waals surface area contributed by atoms with Crippen LogP contribution in [0.15, 0.2) is 12.1 Å². The molecule has 2 rings (SSSR count). The number of rotatable bonds is 5. The van der Waals surface area contributed by atoms with Gasteiger partial charge in [0, 0.05) is 25.8 Å². The van der Waals surface area contributed by atoms with Crippen LogP contribution in [0.5, 0.6) is 0 Å². The number of methoxy groups -OCH3 is 1. The molecule has 0 amide bonds. The summed E-state index contributed by atoms with van der Waals surface area (Å²) in [5, 5.41) is 8.70. The third-order valence-electron chi connectivity index (χ3n) is 2.69. The summed E-state index contributed by atoms with van der Waals surface area (Å²) in [6, 6.07) is 2.00. The van der Waals surface area contributed by atoms with E-state index in [-0.39, 0.29) is 25.1 Å². The Morgan fingerprint density at radius 2 is 2.11 bits per heavy atom. The molecule has 102 valence electrons. The number of hydrogen-bond acceptors (Lipinski definition) is 3. The summed E-state index contributed by atoms with van der Waals surface area (Å²) in [6.07, 6.45) is -0.138. The van der Waals surface area contributed by atoms with E-state index in [0.717, 1.165) is 12.1 Å². The SMILES string of the molecule is COCc1nc2cc(F)c(F)cc2n1CCC(=O)O. The third-order valence-corrected chi connectivity index (χ3v) is 2.69. The van der Waals surface area contributed by atoms with Gasteiger partial charge in [0.05, 0.1) is 17.5 Å². The Hall–Kier alpha value is -2.02. The number of aliphatic carboxylic acids is 1. The van der Waals surface area contributed by atoms with Crippen LogP contribution in [0, 0.1) is 11.6 Å². The van der Waals surface area contributed by atoms with Gasteiger partial charge in [-0.15, -0.1) is 0 Å². The average Bonchev–Trinajstić information content (AvgIpc) is 2.65. The smallest absolute Gasteiger partial charge is 0.305 e. The molecule has 5 nitrogen and oxygen atoms in total. The molecule has 0 spiro atoms. The summed E-state index contributed by atoms with van der Waals surface area (Å²) in [5.41, 5.74) is 0.628. The maximum Gasteiger partial charge on any atom is 0.305 e. The van der Waals surface area contributed by atoms with Gasteiger partial charge in [-0.05, 0) is 0 Å². The normalized spacial score (nSPS) is 11.1. The zero-order chi connectivity index (χ0) is 14.0. The van der Waals surface area contributed by atoms with Crippen LogP contribution in [0.4, 0.5) is 8.78 Å². The monoisotopic (exact) mass is 270 g/mol. The number of halogens is 2. The van der Waals surface area contributed by atoms with E-state index in [1.807, 2.05) is 0 Å². The molecule has 1 aromatic carbocycles. The highest BCUT2D eigenvalue weighted by molar-refractivity contribution is 5.76. The van der Waals surface area contributed by atoms with Gasteiger partial charge in [0.2, 0.25) is 0 Å². The molecule has 1 aromatic heterocycles. The van der Waals surface area contributed by atoms with Crippen LogP contribution in [0.25, 0.3) is 11.0 Å². The first-order valence-corrected chi connectivity index (χ1v) is 5.58. The maximum absolute atomic E-state index is 13.3. The van der Waals surface area contributed by atoms with Gasteiger partial charge in [0.15, 0.2) is 11.6 Å². The third kappa shape index (κ3) is 2.70. The molecule has 1 N–H and O–H groups in total. The molecule has 1 heterocycles. The van der Waals surface area contributed by atoms with Crippen LogP contribution >= 0.6 is 0 Å². The van der Waals surface area contributed by atoms with Gasteiger partial charge in [0.25, 0.3) is 0 Å². The number of carboxylic acid groups (broad SMARTS) is 1. The first-order chi connectivity index (χ1) is 9.02. The van der Waals surface area contributed by atoms with Crippen molar-refractivity contribution in [3.63, 3.8) is 0 Å². The molecule has 0 aliphatic heterocycles. The summed E-state index contributed by atoms with van der Waals surface area (Å²) >= 11 is 0. The number of aromatic nitrogens is 2. The molecule has 0 radical (unpaired) electrons. The number of carboxylic acids is 1. The lowest BCUT2D eigenvalue weighted by Gasteiger charge is -2.07. The fraction of sp³-hybridized carbons (Fsp3) is 0.333. The summed E-state index contributed by atoms with van der Waals surface area (Å²) in [4.78, 5) is 14.7. The second-order valence-corrected chi connectivity index (χ2v) is 4.01. The summed E-state index contributed by atoms with van der Waals surface area (Å²) in [7, 11) is 1.46. The van der Waals surface area contributed by atoms with Crippen LogP contribution in [-0.2, 0) is 22.7 Å². The minimum absolute atomic E-state index is 0.121. The van der Waals surface area contributed by atoms with E-state index >= 15 is 0 Å². The van der Waals surface area contributed by atoms with Gasteiger partial charge >= 0.3 is 5.97 Å². The maximum atomic E-state index is 13.3. The van der Waals surface area contributed by atoms with Gasteiger partial charge in [-0.25, -0.2) is 13.8 Å². The quantitative estimate of drug-likeness (QED) is 0.901. The van der Waals surface area contributed by atoms with E-state index in [1.165, 1.54) is 11.7 Å². The van der Waals surface area contributed by atoms with Crippen LogP contribution < -0.4 is 0 Å². The molecule has 0 aliphatic carbocycles. The highest BCUT2D eigenvalue weighted by atomic mass is 19.2. The molecule has 0 fully saturated rings. The minimum atomic E-state index is -0.993. The molecule has 2 aromatic rings. The Kier molecular flexibility index (Phi) is 3.75. The lowest BCUT2D eigenvalue weighted by molar-refractivity contribution is -0.137. The van der Waals surface area contributed by atoms with Gasteiger partial charge in [-0.2, -0.15) is 0 Å². The Morgan fingerprint density at radius 3 is 2.74 bits per heavy atom. The Morgan fingerprint density at radius 1 is 1.42 bits per heavy atom. The van der Waals surface area contributed by atoms with Crippen molar-refractivity contribution >= 4 is 17.0 Å². The fourth-order valence-corrected chi connectivity index (χ4v) is 1.87. The van der Waals surface area contributed by atoms with Crippen LogP contribution in [0.2, 0.25) is 0 Å². The molecule has 0 bridgehead atoms. The van der Waals surface area contributed by atoms with E-state index in [2.05, 4.69) is 4.98 Å². The van der Waals surface area contributed by atoms with E-state index in [9.17, 15) is 13.6 Å². The van der Waals surface area contributed by atoms with Crippen molar-refractivity contribution in [2.24, 2.45) is 0 Å². The Bertz CT molecular complexity index is 625. The topological polar surface area (TPSA) is 64.4 Å². The molecule has 0 unspecified atom stereocenters.